The van der Waals surface area contributed by atoms with E-state index in [1.807, 2.05) is 30.3 Å². The highest BCUT2D eigenvalue weighted by atomic mass is 19.1. The molecule has 148 valence electrons. The Morgan fingerprint density at radius 2 is 1.73 bits per heavy atom. The van der Waals surface area contributed by atoms with E-state index in [1.54, 1.807) is 24.4 Å². The smallest absolute Gasteiger partial charge is 0.271 e. The molecule has 8 heteroatoms. The first-order valence-corrected chi connectivity index (χ1v) is 9.04. The first-order chi connectivity index (χ1) is 14.6. The number of nitrogens with one attached hydrogen (secondary N) is 2. The Morgan fingerprint density at radius 1 is 1.00 bits per heavy atom. The van der Waals surface area contributed by atoms with Crippen molar-refractivity contribution in [3.05, 3.63) is 106 Å². The molecule has 0 atom stereocenters. The van der Waals surface area contributed by atoms with Crippen LogP contribution in [0.1, 0.15) is 15.9 Å². The number of halogens is 1. The van der Waals surface area contributed by atoms with Crippen LogP contribution in [0.15, 0.2) is 88.9 Å². The van der Waals surface area contributed by atoms with Crippen molar-refractivity contribution in [1.82, 2.24) is 14.8 Å². The topological polar surface area (TPSA) is 87.9 Å². The van der Waals surface area contributed by atoms with Gasteiger partial charge in [-0.25, -0.2) is 14.8 Å². The van der Waals surface area contributed by atoms with E-state index in [1.165, 1.54) is 34.9 Å². The fraction of sp³-hybridized carbons (Fsp3) is 0. The fourth-order valence-electron chi connectivity index (χ4n) is 2.79. The molecule has 2 N–H and O–H groups in total. The molecule has 0 radical (unpaired) electrons. The molecule has 2 heterocycles. The first kappa shape index (κ1) is 19.0. The molecule has 4 aromatic rings. The van der Waals surface area contributed by atoms with Crippen molar-refractivity contribution in [3.8, 4) is 0 Å². The second kappa shape index (κ2) is 8.36. The predicted molar refractivity (Wildman–Crippen MR) is 113 cm³/mol. The third kappa shape index (κ3) is 4.07. The summed E-state index contributed by atoms with van der Waals surface area (Å²) in [4.78, 5) is 29.6. The van der Waals surface area contributed by atoms with Crippen LogP contribution >= 0.6 is 0 Å². The molecule has 0 saturated heterocycles. The number of para-hydroxylation sites is 1. The van der Waals surface area contributed by atoms with Gasteiger partial charge >= 0.3 is 0 Å². The maximum Gasteiger partial charge on any atom is 0.271 e. The van der Waals surface area contributed by atoms with Crippen LogP contribution in [0, 0.1) is 5.82 Å². The van der Waals surface area contributed by atoms with E-state index < -0.39 is 11.7 Å². The molecule has 0 bridgehead atoms. The van der Waals surface area contributed by atoms with E-state index in [2.05, 4.69) is 20.8 Å². The van der Waals surface area contributed by atoms with Gasteiger partial charge in [-0.2, -0.15) is 5.10 Å². The lowest BCUT2D eigenvalue weighted by Crippen LogP contribution is -2.23. The predicted octanol–water partition coefficient (Wildman–Crippen LogP) is 3.34. The van der Waals surface area contributed by atoms with Crippen LogP contribution in [0.2, 0.25) is 0 Å². The monoisotopic (exact) mass is 401 g/mol. The average Bonchev–Trinajstić information content (AvgIpc) is 2.77. The number of rotatable bonds is 5. The molecule has 7 nitrogen and oxygen atoms in total. The minimum Gasteiger partial charge on any atom is -0.339 e. The summed E-state index contributed by atoms with van der Waals surface area (Å²) in [6.07, 6.45) is 2.84. The van der Waals surface area contributed by atoms with Gasteiger partial charge in [0, 0.05) is 17.4 Å². The van der Waals surface area contributed by atoms with E-state index in [0.29, 0.717) is 11.5 Å². The van der Waals surface area contributed by atoms with Gasteiger partial charge in [0.25, 0.3) is 11.5 Å². The van der Waals surface area contributed by atoms with Crippen molar-refractivity contribution in [1.29, 1.82) is 0 Å². The number of pyridine rings is 1. The molecule has 4 rings (SSSR count). The zero-order valence-corrected chi connectivity index (χ0v) is 15.6. The maximum atomic E-state index is 13.0. The molecule has 0 unspecified atom stereocenters. The number of anilines is 2. The number of amides is 1. The van der Waals surface area contributed by atoms with E-state index in [9.17, 15) is 14.0 Å². The number of fused-ring (bicyclic) bond motifs is 1. The molecule has 0 spiro atoms. The Hall–Kier alpha value is -4.33. The standard InChI is InChI=1S/C22H16FN5O2/c23-16-11-9-15(10-12-16)21(29)27-24-14-18-20(25-17-6-2-1-3-7-17)26-19-8-4-5-13-28(19)22(18)30/h1-14,25H,(H,27,29). The maximum absolute atomic E-state index is 13.0. The Kier molecular flexibility index (Phi) is 5.29. The van der Waals surface area contributed by atoms with Crippen molar-refractivity contribution in [2.45, 2.75) is 0 Å². The lowest BCUT2D eigenvalue weighted by atomic mass is 10.2. The molecule has 0 fully saturated rings. The number of hydrogen-bond acceptors (Lipinski definition) is 5. The molecule has 1 amide bonds. The number of carbonyl (C=O) groups excluding carboxylic acids is 1. The number of hydrazone groups is 1. The van der Waals surface area contributed by atoms with E-state index in [4.69, 9.17) is 0 Å². The third-order valence-electron chi connectivity index (χ3n) is 4.27. The molecule has 0 aliphatic carbocycles. The summed E-state index contributed by atoms with van der Waals surface area (Å²) in [6, 6.07) is 19.5. The van der Waals surface area contributed by atoms with Gasteiger partial charge < -0.3 is 5.32 Å². The Balaban J connectivity index is 1.67. The summed E-state index contributed by atoms with van der Waals surface area (Å²) < 4.78 is 14.4. The van der Waals surface area contributed by atoms with Crippen molar-refractivity contribution in [2.75, 3.05) is 5.32 Å². The minimum absolute atomic E-state index is 0.168. The second-order valence-electron chi connectivity index (χ2n) is 6.31. The fourth-order valence-corrected chi connectivity index (χ4v) is 2.79. The van der Waals surface area contributed by atoms with E-state index in [0.717, 1.165) is 5.69 Å². The number of hydrogen-bond donors (Lipinski definition) is 2. The van der Waals surface area contributed by atoms with Gasteiger partial charge in [-0.3, -0.25) is 14.0 Å². The molecule has 0 saturated carbocycles. The molecule has 2 aromatic heterocycles. The van der Waals surface area contributed by atoms with Crippen LogP contribution in [0.25, 0.3) is 5.65 Å². The third-order valence-corrected chi connectivity index (χ3v) is 4.27. The van der Waals surface area contributed by atoms with E-state index >= 15 is 0 Å². The zero-order chi connectivity index (χ0) is 20.9. The van der Waals surface area contributed by atoms with Gasteiger partial charge in [-0.15, -0.1) is 0 Å². The highest BCUT2D eigenvalue weighted by Gasteiger charge is 2.12. The second-order valence-corrected chi connectivity index (χ2v) is 6.31. The Labute approximate surface area is 170 Å². The number of carbonyl (C=O) groups is 1. The van der Waals surface area contributed by atoms with Gasteiger partial charge in [0.1, 0.15) is 22.8 Å². The van der Waals surface area contributed by atoms with Crippen LogP contribution in [-0.4, -0.2) is 21.5 Å². The zero-order valence-electron chi connectivity index (χ0n) is 15.6. The van der Waals surface area contributed by atoms with Crippen molar-refractivity contribution in [2.24, 2.45) is 5.10 Å². The van der Waals surface area contributed by atoms with Gasteiger partial charge in [-0.1, -0.05) is 24.3 Å². The molecule has 30 heavy (non-hydrogen) atoms. The van der Waals surface area contributed by atoms with Gasteiger partial charge in [0.05, 0.1) is 6.21 Å². The summed E-state index contributed by atoms with van der Waals surface area (Å²) in [5, 5.41) is 7.01. The summed E-state index contributed by atoms with van der Waals surface area (Å²) in [5.41, 5.74) is 3.61. The van der Waals surface area contributed by atoms with Crippen molar-refractivity contribution >= 4 is 29.3 Å². The van der Waals surface area contributed by atoms with Crippen LogP contribution in [0.3, 0.4) is 0 Å². The van der Waals surface area contributed by atoms with Gasteiger partial charge in [0.15, 0.2) is 0 Å². The van der Waals surface area contributed by atoms with Crippen LogP contribution in [-0.2, 0) is 0 Å². The number of aromatic nitrogens is 2. The van der Waals surface area contributed by atoms with E-state index in [-0.39, 0.29) is 16.7 Å². The van der Waals surface area contributed by atoms with Crippen LogP contribution in [0.5, 0.6) is 0 Å². The average molecular weight is 401 g/mol. The molecule has 2 aromatic carbocycles. The Morgan fingerprint density at radius 3 is 2.50 bits per heavy atom. The molecular formula is C22H16FN5O2. The van der Waals surface area contributed by atoms with Gasteiger partial charge in [-0.05, 0) is 48.5 Å². The SMILES string of the molecule is O=C(NN=Cc1c(Nc2ccccc2)nc2ccccn2c1=O)c1ccc(F)cc1. The minimum atomic E-state index is -0.530. The van der Waals surface area contributed by atoms with Crippen LogP contribution in [0.4, 0.5) is 15.9 Å². The Bertz CT molecular complexity index is 1280. The van der Waals surface area contributed by atoms with Crippen LogP contribution < -0.4 is 16.3 Å². The number of benzene rings is 2. The summed E-state index contributed by atoms with van der Waals surface area (Å²) in [5.74, 6) is -0.670. The summed E-state index contributed by atoms with van der Waals surface area (Å²) >= 11 is 0. The normalized spacial score (nSPS) is 11.0. The molecule has 0 aliphatic heterocycles. The first-order valence-electron chi connectivity index (χ1n) is 9.04. The highest BCUT2D eigenvalue weighted by Crippen LogP contribution is 2.16. The molecule has 0 aliphatic rings. The lowest BCUT2D eigenvalue weighted by molar-refractivity contribution is 0.0955. The quantitative estimate of drug-likeness (QED) is 0.397. The van der Waals surface area contributed by atoms with Crippen molar-refractivity contribution < 1.29 is 9.18 Å². The molecular weight excluding hydrogens is 385 g/mol. The summed E-state index contributed by atoms with van der Waals surface area (Å²) in [6.45, 7) is 0. The van der Waals surface area contributed by atoms with Gasteiger partial charge in [0.2, 0.25) is 0 Å². The lowest BCUT2D eigenvalue weighted by Gasteiger charge is -2.10. The summed E-state index contributed by atoms with van der Waals surface area (Å²) in [7, 11) is 0. The highest BCUT2D eigenvalue weighted by molar-refractivity contribution is 5.95. The van der Waals surface area contributed by atoms with Crippen molar-refractivity contribution in [3.63, 3.8) is 0 Å². The largest absolute Gasteiger partial charge is 0.339 e. The number of nitrogens with zero attached hydrogens (tertiary/aromatic N) is 3.